The second-order valence-corrected chi connectivity index (χ2v) is 3.75. The second-order valence-electron chi connectivity index (χ2n) is 2.69. The van der Waals surface area contributed by atoms with E-state index < -0.39 is 0 Å². The van der Waals surface area contributed by atoms with Crippen LogP contribution in [-0.2, 0) is 0 Å². The maximum atomic E-state index is 5.80. The number of aromatic nitrogens is 2. The molecule has 0 saturated heterocycles. The van der Waals surface area contributed by atoms with E-state index in [1.807, 2.05) is 30.3 Å². The van der Waals surface area contributed by atoms with Gasteiger partial charge in [0.05, 0.1) is 0 Å². The molecule has 0 aliphatic rings. The Kier molecular flexibility index (Phi) is 2.65. The molecule has 0 radical (unpaired) electrons. The molecule has 1 heterocycles. The van der Waals surface area contributed by atoms with Gasteiger partial charge in [-0.25, -0.2) is 9.97 Å². The molecule has 0 spiro atoms. The van der Waals surface area contributed by atoms with Crippen molar-refractivity contribution in [2.75, 3.05) is 5.73 Å². The monoisotopic (exact) mass is 203 g/mol. The lowest BCUT2D eigenvalue weighted by Gasteiger charge is -2.02. The second kappa shape index (κ2) is 4.11. The molecule has 2 rings (SSSR count). The summed E-state index contributed by atoms with van der Waals surface area (Å²) in [5.74, 6) is 0. The fourth-order valence-electron chi connectivity index (χ4n) is 1.03. The van der Waals surface area contributed by atoms with Crippen molar-refractivity contribution in [3.05, 3.63) is 42.9 Å². The zero-order valence-electron chi connectivity index (χ0n) is 7.42. The Bertz CT molecular complexity index is 417. The van der Waals surface area contributed by atoms with E-state index in [4.69, 9.17) is 5.73 Å². The van der Waals surface area contributed by atoms with E-state index in [1.165, 1.54) is 18.1 Å². The minimum atomic E-state index is 0.774. The van der Waals surface area contributed by atoms with Gasteiger partial charge in [0.2, 0.25) is 0 Å². The van der Waals surface area contributed by atoms with Crippen molar-refractivity contribution in [3.63, 3.8) is 0 Å². The predicted molar refractivity (Wildman–Crippen MR) is 57.0 cm³/mol. The fourth-order valence-corrected chi connectivity index (χ4v) is 1.81. The molecular formula is C10H9N3S. The molecule has 1 aromatic carbocycles. The molecule has 3 nitrogen and oxygen atoms in total. The number of nitrogens with two attached hydrogens (primary N) is 1. The quantitative estimate of drug-likeness (QED) is 0.600. The van der Waals surface area contributed by atoms with Crippen LogP contribution in [0.25, 0.3) is 0 Å². The standard InChI is InChI=1S/C10H9N3S/c11-8-3-1-2-4-9(8)14-10-5-6-12-7-13-10/h1-7H,11H2. The Labute approximate surface area is 86.4 Å². The van der Waals surface area contributed by atoms with Gasteiger partial charge in [0, 0.05) is 16.8 Å². The summed E-state index contributed by atoms with van der Waals surface area (Å²) in [6.07, 6.45) is 3.25. The third kappa shape index (κ3) is 2.03. The van der Waals surface area contributed by atoms with Gasteiger partial charge in [0.25, 0.3) is 0 Å². The number of para-hydroxylation sites is 1. The van der Waals surface area contributed by atoms with E-state index in [1.54, 1.807) is 6.20 Å². The topological polar surface area (TPSA) is 51.8 Å². The van der Waals surface area contributed by atoms with Crippen molar-refractivity contribution in [2.24, 2.45) is 0 Å². The number of rotatable bonds is 2. The normalized spacial score (nSPS) is 10.0. The Morgan fingerprint density at radius 3 is 2.71 bits per heavy atom. The molecule has 0 fully saturated rings. The molecule has 14 heavy (non-hydrogen) atoms. The molecule has 0 bridgehead atoms. The first-order valence-corrected chi connectivity index (χ1v) is 4.96. The van der Waals surface area contributed by atoms with Crippen molar-refractivity contribution >= 4 is 17.4 Å². The van der Waals surface area contributed by atoms with Gasteiger partial charge in [0.15, 0.2) is 0 Å². The molecule has 70 valence electrons. The van der Waals surface area contributed by atoms with Gasteiger partial charge in [0.1, 0.15) is 11.4 Å². The van der Waals surface area contributed by atoms with Crippen LogP contribution in [0.4, 0.5) is 5.69 Å². The molecule has 0 amide bonds. The molecule has 0 atom stereocenters. The average Bonchev–Trinajstić information content (AvgIpc) is 2.23. The van der Waals surface area contributed by atoms with E-state index in [9.17, 15) is 0 Å². The minimum Gasteiger partial charge on any atom is -0.398 e. The number of benzene rings is 1. The lowest BCUT2D eigenvalue weighted by atomic mass is 10.3. The third-order valence-corrected chi connectivity index (χ3v) is 2.73. The highest BCUT2D eigenvalue weighted by Crippen LogP contribution is 2.29. The number of nitrogens with zero attached hydrogens (tertiary/aromatic N) is 2. The van der Waals surface area contributed by atoms with E-state index >= 15 is 0 Å². The highest BCUT2D eigenvalue weighted by molar-refractivity contribution is 7.99. The Balaban J connectivity index is 2.24. The van der Waals surface area contributed by atoms with Gasteiger partial charge in [-0.3, -0.25) is 0 Å². The Morgan fingerprint density at radius 2 is 2.00 bits per heavy atom. The molecule has 0 aliphatic carbocycles. The first-order valence-electron chi connectivity index (χ1n) is 4.14. The van der Waals surface area contributed by atoms with Crippen LogP contribution in [0.15, 0.2) is 52.8 Å². The van der Waals surface area contributed by atoms with Crippen LogP contribution in [-0.4, -0.2) is 9.97 Å². The summed E-state index contributed by atoms with van der Waals surface area (Å²) < 4.78 is 0. The summed E-state index contributed by atoms with van der Waals surface area (Å²) in [6.45, 7) is 0. The molecule has 2 aromatic rings. The van der Waals surface area contributed by atoms with Gasteiger partial charge >= 0.3 is 0 Å². The number of hydrogen-bond acceptors (Lipinski definition) is 4. The van der Waals surface area contributed by atoms with Crippen molar-refractivity contribution in [1.29, 1.82) is 0 Å². The highest BCUT2D eigenvalue weighted by atomic mass is 32.2. The summed E-state index contributed by atoms with van der Waals surface area (Å²) in [5, 5.41) is 0.901. The maximum absolute atomic E-state index is 5.80. The molecular weight excluding hydrogens is 194 g/mol. The van der Waals surface area contributed by atoms with Gasteiger partial charge in [-0.1, -0.05) is 23.9 Å². The fraction of sp³-hybridized carbons (Fsp3) is 0. The first kappa shape index (κ1) is 9.02. The first-order chi connectivity index (χ1) is 6.86. The maximum Gasteiger partial charge on any atom is 0.116 e. The zero-order chi connectivity index (χ0) is 9.80. The Hall–Kier alpha value is -1.55. The number of nitrogen functional groups attached to an aromatic ring is 1. The number of anilines is 1. The highest BCUT2D eigenvalue weighted by Gasteiger charge is 2.00. The van der Waals surface area contributed by atoms with Gasteiger partial charge in [-0.2, -0.15) is 0 Å². The SMILES string of the molecule is Nc1ccccc1Sc1ccncn1. The van der Waals surface area contributed by atoms with Crippen molar-refractivity contribution in [1.82, 2.24) is 9.97 Å². The van der Waals surface area contributed by atoms with Gasteiger partial charge in [-0.15, -0.1) is 0 Å². The summed E-state index contributed by atoms with van der Waals surface area (Å²) in [6, 6.07) is 9.59. The minimum absolute atomic E-state index is 0.774. The van der Waals surface area contributed by atoms with Crippen LogP contribution in [0.1, 0.15) is 0 Å². The number of hydrogen-bond donors (Lipinski definition) is 1. The molecule has 2 N–H and O–H groups in total. The van der Waals surface area contributed by atoms with E-state index in [0.29, 0.717) is 0 Å². The van der Waals surface area contributed by atoms with Crippen LogP contribution in [0.5, 0.6) is 0 Å². The molecule has 0 unspecified atom stereocenters. The van der Waals surface area contributed by atoms with Crippen molar-refractivity contribution in [3.8, 4) is 0 Å². The zero-order valence-corrected chi connectivity index (χ0v) is 8.24. The predicted octanol–water partition coefficient (Wildman–Crippen LogP) is 2.21. The van der Waals surface area contributed by atoms with Crippen molar-refractivity contribution in [2.45, 2.75) is 9.92 Å². The largest absolute Gasteiger partial charge is 0.398 e. The van der Waals surface area contributed by atoms with Crippen LogP contribution in [0, 0.1) is 0 Å². The molecule has 4 heteroatoms. The molecule has 1 aromatic heterocycles. The van der Waals surface area contributed by atoms with Crippen molar-refractivity contribution < 1.29 is 0 Å². The van der Waals surface area contributed by atoms with Gasteiger partial charge in [-0.05, 0) is 18.2 Å². The smallest absolute Gasteiger partial charge is 0.116 e. The molecule has 0 saturated carbocycles. The van der Waals surface area contributed by atoms with Crippen LogP contribution in [0.2, 0.25) is 0 Å². The lowest BCUT2D eigenvalue weighted by molar-refractivity contribution is 1.05. The third-order valence-electron chi connectivity index (χ3n) is 1.69. The van der Waals surface area contributed by atoms with E-state index in [2.05, 4.69) is 9.97 Å². The summed E-state index contributed by atoms with van der Waals surface area (Å²) in [4.78, 5) is 8.98. The van der Waals surface area contributed by atoms with Gasteiger partial charge < -0.3 is 5.73 Å². The summed E-state index contributed by atoms with van der Waals surface area (Å²) >= 11 is 1.54. The summed E-state index contributed by atoms with van der Waals surface area (Å²) in [7, 11) is 0. The van der Waals surface area contributed by atoms with E-state index in [-0.39, 0.29) is 0 Å². The lowest BCUT2D eigenvalue weighted by Crippen LogP contribution is -1.88. The van der Waals surface area contributed by atoms with E-state index in [0.717, 1.165) is 15.6 Å². The molecule has 0 aliphatic heterocycles. The summed E-state index contributed by atoms with van der Waals surface area (Å²) in [5.41, 5.74) is 6.58. The van der Waals surface area contributed by atoms with Crippen LogP contribution in [0.3, 0.4) is 0 Å². The van der Waals surface area contributed by atoms with Crippen LogP contribution >= 0.6 is 11.8 Å². The Morgan fingerprint density at radius 1 is 1.14 bits per heavy atom. The van der Waals surface area contributed by atoms with Crippen LogP contribution < -0.4 is 5.73 Å². The average molecular weight is 203 g/mol.